The van der Waals surface area contributed by atoms with E-state index in [0.29, 0.717) is 12.2 Å². The summed E-state index contributed by atoms with van der Waals surface area (Å²) in [5, 5.41) is 4.37. The van der Waals surface area contributed by atoms with Gasteiger partial charge in [0.1, 0.15) is 5.82 Å². The number of nitrogen functional groups attached to an aromatic ring is 1. The first-order valence-corrected chi connectivity index (χ1v) is 5.76. The molecule has 0 saturated carbocycles. The van der Waals surface area contributed by atoms with Crippen LogP contribution in [0.1, 0.15) is 5.56 Å². The maximum Gasteiger partial charge on any atom is 0.231 e. The second kappa shape index (κ2) is 3.60. The third kappa shape index (κ3) is 1.40. The number of rotatable bonds is 1. The van der Waals surface area contributed by atoms with Crippen molar-refractivity contribution in [1.82, 2.24) is 9.78 Å². The topological polar surface area (TPSA) is 64.2 Å². The summed E-state index contributed by atoms with van der Waals surface area (Å²) in [5.41, 5.74) is 9.59. The number of aromatic nitrogens is 2. The summed E-state index contributed by atoms with van der Waals surface area (Å²) >= 11 is 0. The van der Waals surface area contributed by atoms with Crippen LogP contribution in [-0.2, 0) is 18.3 Å². The molecule has 1 aliphatic heterocycles. The Bertz CT molecular complexity index is 625. The molecular weight excluding hydrogens is 228 g/mol. The summed E-state index contributed by atoms with van der Waals surface area (Å²) in [6.07, 6.45) is 0.429. The number of benzene rings is 1. The van der Waals surface area contributed by atoms with Crippen LogP contribution >= 0.6 is 0 Å². The van der Waals surface area contributed by atoms with Crippen molar-refractivity contribution in [3.05, 3.63) is 29.8 Å². The minimum Gasteiger partial charge on any atom is -0.384 e. The van der Waals surface area contributed by atoms with Gasteiger partial charge >= 0.3 is 0 Å². The van der Waals surface area contributed by atoms with Gasteiger partial charge in [0, 0.05) is 31.4 Å². The fourth-order valence-corrected chi connectivity index (χ4v) is 2.33. The Balaban J connectivity index is 2.18. The highest BCUT2D eigenvalue weighted by Gasteiger charge is 2.27. The Labute approximate surface area is 105 Å². The van der Waals surface area contributed by atoms with Gasteiger partial charge in [-0.25, -0.2) is 0 Å². The molecule has 0 saturated heterocycles. The van der Waals surface area contributed by atoms with E-state index in [0.717, 1.165) is 22.5 Å². The summed E-state index contributed by atoms with van der Waals surface area (Å²) in [5.74, 6) is 0.724. The second-order valence-corrected chi connectivity index (χ2v) is 4.51. The zero-order valence-corrected chi connectivity index (χ0v) is 10.3. The van der Waals surface area contributed by atoms with E-state index in [4.69, 9.17) is 5.73 Å². The van der Waals surface area contributed by atoms with Crippen LogP contribution in [0.15, 0.2) is 24.3 Å². The predicted molar refractivity (Wildman–Crippen MR) is 70.2 cm³/mol. The molecule has 0 spiro atoms. The van der Waals surface area contributed by atoms with Gasteiger partial charge in [-0.1, -0.05) is 12.1 Å². The molecule has 0 bridgehead atoms. The number of amides is 1. The van der Waals surface area contributed by atoms with Crippen molar-refractivity contribution in [3.8, 4) is 11.3 Å². The van der Waals surface area contributed by atoms with E-state index in [1.807, 2.05) is 24.3 Å². The van der Waals surface area contributed by atoms with Crippen molar-refractivity contribution in [2.24, 2.45) is 7.05 Å². The van der Waals surface area contributed by atoms with Gasteiger partial charge in [0.05, 0.1) is 12.1 Å². The van der Waals surface area contributed by atoms with Gasteiger partial charge in [0.15, 0.2) is 0 Å². The molecule has 0 atom stereocenters. The molecule has 0 unspecified atom stereocenters. The lowest BCUT2D eigenvalue weighted by Gasteiger charge is -2.10. The summed E-state index contributed by atoms with van der Waals surface area (Å²) in [4.78, 5) is 13.4. The highest BCUT2D eigenvalue weighted by atomic mass is 16.2. The Kier molecular flexibility index (Phi) is 2.16. The fourth-order valence-electron chi connectivity index (χ4n) is 2.33. The Morgan fingerprint density at radius 2 is 2.11 bits per heavy atom. The molecule has 0 aliphatic carbocycles. The average Bonchev–Trinajstić information content (AvgIpc) is 2.82. The molecular formula is C13H14N4O. The summed E-state index contributed by atoms with van der Waals surface area (Å²) in [6, 6.07) is 7.70. The maximum atomic E-state index is 11.8. The highest BCUT2D eigenvalue weighted by molar-refractivity contribution is 6.03. The molecule has 0 radical (unpaired) electrons. The molecule has 2 heterocycles. The quantitative estimate of drug-likeness (QED) is 0.817. The maximum absolute atomic E-state index is 11.8. The number of hydrogen-bond acceptors (Lipinski definition) is 3. The third-order valence-corrected chi connectivity index (χ3v) is 3.41. The van der Waals surface area contributed by atoms with Crippen molar-refractivity contribution in [1.29, 1.82) is 0 Å². The number of nitrogens with zero attached hydrogens (tertiary/aromatic N) is 3. The average molecular weight is 242 g/mol. The summed E-state index contributed by atoms with van der Waals surface area (Å²) < 4.78 is 1.63. The van der Waals surface area contributed by atoms with Crippen LogP contribution in [-0.4, -0.2) is 22.7 Å². The molecule has 18 heavy (non-hydrogen) atoms. The lowest BCUT2D eigenvalue weighted by Crippen LogP contribution is -2.20. The number of likely N-dealkylation sites (N-methyl/N-ethyl adjacent to an activating group) is 1. The number of carbonyl (C=O) groups is 1. The van der Waals surface area contributed by atoms with Gasteiger partial charge in [-0.2, -0.15) is 5.10 Å². The zero-order valence-electron chi connectivity index (χ0n) is 10.3. The fraction of sp³-hybridized carbons (Fsp3) is 0.231. The normalized spacial score (nSPS) is 14.1. The first-order chi connectivity index (χ1) is 8.58. The van der Waals surface area contributed by atoms with E-state index in [1.54, 1.807) is 23.7 Å². The lowest BCUT2D eigenvalue weighted by atomic mass is 10.0. The zero-order chi connectivity index (χ0) is 12.9. The monoisotopic (exact) mass is 242 g/mol. The van der Waals surface area contributed by atoms with E-state index in [1.165, 1.54) is 0 Å². The van der Waals surface area contributed by atoms with Gasteiger partial charge < -0.3 is 10.6 Å². The number of nitrogens with two attached hydrogens (primary N) is 1. The molecule has 0 fully saturated rings. The number of fused-ring (bicyclic) bond motifs is 1. The van der Waals surface area contributed by atoms with Crippen molar-refractivity contribution >= 4 is 17.4 Å². The van der Waals surface area contributed by atoms with E-state index in [9.17, 15) is 4.79 Å². The van der Waals surface area contributed by atoms with Crippen LogP contribution in [0.2, 0.25) is 0 Å². The lowest BCUT2D eigenvalue weighted by molar-refractivity contribution is -0.117. The van der Waals surface area contributed by atoms with E-state index >= 15 is 0 Å². The molecule has 5 nitrogen and oxygen atoms in total. The van der Waals surface area contributed by atoms with Crippen LogP contribution in [0, 0.1) is 0 Å². The number of carbonyl (C=O) groups excluding carboxylic acids is 1. The Morgan fingerprint density at radius 1 is 1.33 bits per heavy atom. The first kappa shape index (κ1) is 10.8. The number of hydrogen-bond donors (Lipinski definition) is 1. The van der Waals surface area contributed by atoms with Crippen molar-refractivity contribution < 1.29 is 4.79 Å². The largest absolute Gasteiger partial charge is 0.384 e. The predicted octanol–water partition coefficient (Wildman–Crippen LogP) is 1.19. The number of anilines is 2. The van der Waals surface area contributed by atoms with Gasteiger partial charge in [0.2, 0.25) is 5.91 Å². The third-order valence-electron chi connectivity index (χ3n) is 3.41. The minimum absolute atomic E-state index is 0.112. The van der Waals surface area contributed by atoms with Crippen molar-refractivity contribution in [3.63, 3.8) is 0 Å². The molecule has 92 valence electrons. The van der Waals surface area contributed by atoms with Crippen LogP contribution in [0.4, 0.5) is 11.5 Å². The summed E-state index contributed by atoms with van der Waals surface area (Å²) in [7, 11) is 3.60. The van der Waals surface area contributed by atoms with Crippen LogP contribution in [0.5, 0.6) is 0 Å². The second-order valence-electron chi connectivity index (χ2n) is 4.51. The molecule has 3 rings (SSSR count). The Morgan fingerprint density at radius 3 is 2.78 bits per heavy atom. The van der Waals surface area contributed by atoms with Crippen LogP contribution < -0.4 is 10.6 Å². The first-order valence-electron chi connectivity index (χ1n) is 5.76. The van der Waals surface area contributed by atoms with Gasteiger partial charge in [0.25, 0.3) is 0 Å². The van der Waals surface area contributed by atoms with Crippen LogP contribution in [0.25, 0.3) is 11.3 Å². The molecule has 2 N–H and O–H groups in total. The molecule has 1 aromatic carbocycles. The van der Waals surface area contributed by atoms with E-state index in [2.05, 4.69) is 5.10 Å². The minimum atomic E-state index is 0.112. The molecule has 5 heteroatoms. The molecule has 2 aromatic rings. The van der Waals surface area contributed by atoms with E-state index in [-0.39, 0.29) is 5.91 Å². The standard InChI is InChI=1S/C13H14N4O/c1-16-11-5-3-4-8(9(11)6-13(16)18)10-7-12(14)17(2)15-10/h3-5,7H,6,14H2,1-2H3. The SMILES string of the molecule is CN1C(=O)Cc2c(-c3cc(N)n(C)n3)cccc21. The van der Waals surface area contributed by atoms with Gasteiger partial charge in [-0.3, -0.25) is 9.48 Å². The van der Waals surface area contributed by atoms with Gasteiger partial charge in [-0.15, -0.1) is 0 Å². The highest BCUT2D eigenvalue weighted by Crippen LogP contribution is 2.35. The van der Waals surface area contributed by atoms with Crippen LogP contribution in [0.3, 0.4) is 0 Å². The van der Waals surface area contributed by atoms with Crippen molar-refractivity contribution in [2.45, 2.75) is 6.42 Å². The molecule has 1 aliphatic rings. The van der Waals surface area contributed by atoms with E-state index < -0.39 is 0 Å². The molecule has 1 aromatic heterocycles. The Hall–Kier alpha value is -2.30. The van der Waals surface area contributed by atoms with Gasteiger partial charge in [-0.05, 0) is 11.6 Å². The summed E-state index contributed by atoms with van der Waals surface area (Å²) in [6.45, 7) is 0. The smallest absolute Gasteiger partial charge is 0.231 e. The molecule has 1 amide bonds. The number of aryl methyl sites for hydroxylation is 1. The van der Waals surface area contributed by atoms with Crippen molar-refractivity contribution in [2.75, 3.05) is 17.7 Å².